The molecule has 8 nitrogen and oxygen atoms in total. The Bertz CT molecular complexity index is 890. The van der Waals surface area contributed by atoms with E-state index in [1.807, 2.05) is 13.0 Å². The first-order valence-corrected chi connectivity index (χ1v) is 8.90. The summed E-state index contributed by atoms with van der Waals surface area (Å²) in [6.45, 7) is 3.61. The minimum Gasteiger partial charge on any atom is -0.466 e. The Morgan fingerprint density at radius 1 is 1.46 bits per heavy atom. The number of nitrogens with zero attached hydrogens (tertiary/aromatic N) is 2. The van der Waals surface area contributed by atoms with Crippen molar-refractivity contribution in [3.63, 3.8) is 0 Å². The van der Waals surface area contributed by atoms with E-state index in [0.717, 1.165) is 5.69 Å². The number of H-pyrrole nitrogens is 1. The molecule has 138 valence electrons. The third-order valence-electron chi connectivity index (χ3n) is 4.41. The van der Waals surface area contributed by atoms with Gasteiger partial charge in [-0.15, -0.1) is 0 Å². The molecular weight excluding hydrogens is 354 g/mol. The van der Waals surface area contributed by atoms with E-state index in [1.54, 1.807) is 6.07 Å². The quantitative estimate of drug-likeness (QED) is 0.542. The Hall–Kier alpha value is -2.68. The number of aromatic nitrogens is 2. The average molecular weight is 375 g/mol. The number of hydrogen-bond donors (Lipinski definition) is 3. The summed E-state index contributed by atoms with van der Waals surface area (Å²) in [6, 6.07) is 3.66. The number of fused-ring (bicyclic) bond motifs is 1. The molecule has 1 aromatic heterocycles. The van der Waals surface area contributed by atoms with Crippen LogP contribution >= 0.6 is 12.2 Å². The maximum Gasteiger partial charge on any atom is 0.309 e. The molecule has 0 spiro atoms. The summed E-state index contributed by atoms with van der Waals surface area (Å²) in [5.41, 5.74) is 8.21. The van der Waals surface area contributed by atoms with E-state index >= 15 is 0 Å². The highest BCUT2D eigenvalue weighted by molar-refractivity contribution is 7.80. The molecule has 0 atom stereocenters. The van der Waals surface area contributed by atoms with E-state index in [1.165, 1.54) is 6.20 Å². The molecule has 9 heteroatoms. The molecule has 26 heavy (non-hydrogen) atoms. The second-order valence-corrected chi connectivity index (χ2v) is 6.58. The van der Waals surface area contributed by atoms with Crippen LogP contribution in [0.15, 0.2) is 23.1 Å². The number of esters is 1. The van der Waals surface area contributed by atoms with Crippen molar-refractivity contribution < 1.29 is 9.53 Å². The van der Waals surface area contributed by atoms with Crippen molar-refractivity contribution in [3.8, 4) is 0 Å². The fourth-order valence-electron chi connectivity index (χ4n) is 3.19. The first-order valence-electron chi connectivity index (χ1n) is 8.49. The van der Waals surface area contributed by atoms with Crippen LogP contribution in [0.5, 0.6) is 0 Å². The van der Waals surface area contributed by atoms with Crippen LogP contribution in [0.4, 0.5) is 11.4 Å². The van der Waals surface area contributed by atoms with E-state index in [9.17, 15) is 9.59 Å². The van der Waals surface area contributed by atoms with Gasteiger partial charge >= 0.3 is 5.97 Å². The van der Waals surface area contributed by atoms with Crippen molar-refractivity contribution in [2.75, 3.05) is 29.9 Å². The van der Waals surface area contributed by atoms with Crippen LogP contribution in [0.1, 0.15) is 19.8 Å². The summed E-state index contributed by atoms with van der Waals surface area (Å²) < 4.78 is 5.12. The van der Waals surface area contributed by atoms with E-state index in [4.69, 9.17) is 22.7 Å². The zero-order chi connectivity index (χ0) is 18.7. The highest BCUT2D eigenvalue weighted by Crippen LogP contribution is 2.33. The molecule has 1 aliphatic heterocycles. The van der Waals surface area contributed by atoms with Crippen molar-refractivity contribution in [1.82, 2.24) is 9.97 Å². The number of nitrogens with two attached hydrogens (primary N) is 1. The summed E-state index contributed by atoms with van der Waals surface area (Å²) in [5, 5.41) is 3.10. The number of ether oxygens (including phenoxy) is 1. The van der Waals surface area contributed by atoms with E-state index in [0.29, 0.717) is 49.3 Å². The van der Waals surface area contributed by atoms with Crippen molar-refractivity contribution in [1.29, 1.82) is 0 Å². The van der Waals surface area contributed by atoms with Gasteiger partial charge in [0.25, 0.3) is 5.56 Å². The van der Waals surface area contributed by atoms with Crippen LogP contribution in [-0.4, -0.2) is 40.7 Å². The van der Waals surface area contributed by atoms with Crippen molar-refractivity contribution in [3.05, 3.63) is 28.7 Å². The number of aromatic amines is 1. The Morgan fingerprint density at radius 2 is 2.19 bits per heavy atom. The number of carbonyl (C=O) groups excluding carboxylic acids is 1. The second kappa shape index (κ2) is 7.69. The highest BCUT2D eigenvalue weighted by atomic mass is 32.1. The van der Waals surface area contributed by atoms with Crippen LogP contribution in [0, 0.1) is 5.92 Å². The normalized spacial score (nSPS) is 15.0. The van der Waals surface area contributed by atoms with Gasteiger partial charge in [0.15, 0.2) is 5.11 Å². The molecule has 0 unspecified atom stereocenters. The van der Waals surface area contributed by atoms with Crippen molar-refractivity contribution in [2.24, 2.45) is 11.7 Å². The monoisotopic (exact) mass is 375 g/mol. The minimum atomic E-state index is -0.276. The largest absolute Gasteiger partial charge is 0.466 e. The van der Waals surface area contributed by atoms with E-state index in [2.05, 4.69) is 20.2 Å². The van der Waals surface area contributed by atoms with Gasteiger partial charge in [0.1, 0.15) is 0 Å². The lowest BCUT2D eigenvalue weighted by atomic mass is 9.96. The summed E-state index contributed by atoms with van der Waals surface area (Å²) in [7, 11) is 0. The fourth-order valence-corrected chi connectivity index (χ4v) is 3.30. The van der Waals surface area contributed by atoms with Gasteiger partial charge in [-0.2, -0.15) is 0 Å². The lowest BCUT2D eigenvalue weighted by molar-refractivity contribution is -0.148. The Labute approximate surface area is 155 Å². The molecule has 3 rings (SSSR count). The smallest absolute Gasteiger partial charge is 0.309 e. The summed E-state index contributed by atoms with van der Waals surface area (Å²) in [4.78, 5) is 32.5. The molecule has 1 aliphatic rings. The lowest BCUT2D eigenvalue weighted by Crippen LogP contribution is -2.37. The Morgan fingerprint density at radius 3 is 2.85 bits per heavy atom. The molecule has 0 bridgehead atoms. The second-order valence-electron chi connectivity index (χ2n) is 6.14. The third-order valence-corrected chi connectivity index (χ3v) is 4.51. The van der Waals surface area contributed by atoms with Crippen LogP contribution < -0.4 is 21.5 Å². The molecule has 2 heterocycles. The molecule has 0 aliphatic carbocycles. The zero-order valence-electron chi connectivity index (χ0n) is 14.4. The first kappa shape index (κ1) is 18.1. The maximum atomic E-state index is 11.9. The standard InChI is InChI=1S/C17H21N5O3S/c1-2-25-16(24)10-3-5-22(6-4-10)14-8-11-12(20-15(23)9-19-11)7-13(14)21-17(18)26/h7-10H,2-6H2,1H3,(H,20,23)(H3,18,21,26). The molecule has 4 N–H and O–H groups in total. The molecule has 2 aromatic rings. The van der Waals surface area contributed by atoms with Crippen molar-refractivity contribution >= 4 is 45.7 Å². The number of piperidine rings is 1. The fraction of sp³-hybridized carbons (Fsp3) is 0.412. The van der Waals surface area contributed by atoms with Crippen molar-refractivity contribution in [2.45, 2.75) is 19.8 Å². The Kier molecular flexibility index (Phi) is 5.36. The molecule has 1 saturated heterocycles. The third kappa shape index (κ3) is 3.93. The number of rotatable bonds is 4. The van der Waals surface area contributed by atoms with Gasteiger partial charge in [0.05, 0.1) is 41.1 Å². The number of nitrogens with one attached hydrogen (secondary N) is 2. The molecular formula is C17H21N5O3S. The minimum absolute atomic E-state index is 0.0758. The molecule has 0 amide bonds. The van der Waals surface area contributed by atoms with Crippen LogP contribution in [0.25, 0.3) is 11.0 Å². The number of carbonyl (C=O) groups is 1. The van der Waals surface area contributed by atoms with Gasteiger partial charge in [-0.25, -0.2) is 4.98 Å². The molecule has 1 fully saturated rings. The SMILES string of the molecule is CCOC(=O)C1CCN(c2cc3ncc(=O)[nH]c3cc2NC(N)=S)CC1. The number of thiocarbonyl (C=S) groups is 1. The van der Waals surface area contributed by atoms with Gasteiger partial charge in [0, 0.05) is 13.1 Å². The Balaban J connectivity index is 1.88. The van der Waals surface area contributed by atoms with Gasteiger partial charge < -0.3 is 25.7 Å². The predicted octanol–water partition coefficient (Wildman–Crippen LogP) is 1.36. The predicted molar refractivity (Wildman–Crippen MR) is 104 cm³/mol. The number of anilines is 2. The molecule has 1 aromatic carbocycles. The molecule has 0 saturated carbocycles. The summed E-state index contributed by atoms with van der Waals surface area (Å²) in [6.07, 6.45) is 2.67. The number of hydrogen-bond acceptors (Lipinski definition) is 6. The topological polar surface area (TPSA) is 113 Å². The zero-order valence-corrected chi connectivity index (χ0v) is 15.3. The van der Waals surface area contributed by atoms with Crippen LogP contribution in [0.2, 0.25) is 0 Å². The summed E-state index contributed by atoms with van der Waals surface area (Å²) in [5.74, 6) is -0.209. The summed E-state index contributed by atoms with van der Waals surface area (Å²) >= 11 is 4.97. The van der Waals surface area contributed by atoms with Crippen LogP contribution in [0.3, 0.4) is 0 Å². The number of benzene rings is 1. The highest BCUT2D eigenvalue weighted by Gasteiger charge is 2.27. The van der Waals surface area contributed by atoms with E-state index < -0.39 is 0 Å². The maximum absolute atomic E-state index is 11.9. The van der Waals surface area contributed by atoms with Gasteiger partial charge in [0.2, 0.25) is 0 Å². The van der Waals surface area contributed by atoms with Gasteiger partial charge in [-0.3, -0.25) is 9.59 Å². The first-order chi connectivity index (χ1) is 12.5. The average Bonchev–Trinajstić information content (AvgIpc) is 2.61. The van der Waals surface area contributed by atoms with Crippen LogP contribution in [-0.2, 0) is 9.53 Å². The van der Waals surface area contributed by atoms with Gasteiger partial charge in [-0.1, -0.05) is 0 Å². The van der Waals surface area contributed by atoms with E-state index in [-0.39, 0.29) is 22.6 Å². The van der Waals surface area contributed by atoms with Gasteiger partial charge in [-0.05, 0) is 44.1 Å². The molecule has 0 radical (unpaired) electrons. The lowest BCUT2D eigenvalue weighted by Gasteiger charge is -2.34.